The molecule has 0 aliphatic rings. The second-order valence-electron chi connectivity index (χ2n) is 2.49. The highest BCUT2D eigenvalue weighted by Crippen LogP contribution is 2.30. The molecular formula is C10H10O3. The van der Waals surface area contributed by atoms with Gasteiger partial charge >= 0.3 is 5.97 Å². The Morgan fingerprint density at radius 1 is 1.62 bits per heavy atom. The van der Waals surface area contributed by atoms with Crippen LogP contribution in [0.3, 0.4) is 0 Å². The number of hydrogen-bond donors (Lipinski definition) is 1. The fourth-order valence-corrected chi connectivity index (χ4v) is 0.941. The van der Waals surface area contributed by atoms with Gasteiger partial charge in [-0.2, -0.15) is 0 Å². The van der Waals surface area contributed by atoms with Crippen LogP contribution in [-0.2, 0) is 4.79 Å². The van der Waals surface area contributed by atoms with E-state index in [4.69, 9.17) is 4.74 Å². The van der Waals surface area contributed by atoms with E-state index in [0.29, 0.717) is 5.56 Å². The molecule has 68 valence electrons. The van der Waals surface area contributed by atoms with E-state index >= 15 is 0 Å². The Kier molecular flexibility index (Phi) is 2.69. The molecule has 0 aliphatic carbocycles. The van der Waals surface area contributed by atoms with Gasteiger partial charge in [0, 0.05) is 12.5 Å². The minimum atomic E-state index is -0.462. The smallest absolute Gasteiger partial charge is 0.308 e. The summed E-state index contributed by atoms with van der Waals surface area (Å²) in [5.74, 6) is -0.367. The Bertz CT molecular complexity index is 342. The quantitative estimate of drug-likeness (QED) is 0.556. The molecule has 0 aromatic heterocycles. The van der Waals surface area contributed by atoms with Crippen LogP contribution >= 0.6 is 0 Å². The first-order chi connectivity index (χ1) is 6.15. The predicted molar refractivity (Wildman–Crippen MR) is 49.5 cm³/mol. The fraction of sp³-hybridized carbons (Fsp3) is 0.100. The van der Waals surface area contributed by atoms with Crippen LogP contribution in [0.25, 0.3) is 6.08 Å². The zero-order chi connectivity index (χ0) is 9.84. The molecule has 0 atom stereocenters. The van der Waals surface area contributed by atoms with Crippen molar-refractivity contribution in [2.45, 2.75) is 6.92 Å². The molecule has 3 heteroatoms. The lowest BCUT2D eigenvalue weighted by Crippen LogP contribution is -2.01. The fourth-order valence-electron chi connectivity index (χ4n) is 0.941. The van der Waals surface area contributed by atoms with Crippen LogP contribution in [0, 0.1) is 0 Å². The summed E-state index contributed by atoms with van der Waals surface area (Å²) < 4.78 is 4.75. The second kappa shape index (κ2) is 3.76. The number of carbonyl (C=O) groups is 1. The standard InChI is InChI=1S/C10H10O3/c1-3-8-5-4-6-9(10(8)12)13-7(2)11/h3-6,12H,1H2,2H3. The van der Waals surface area contributed by atoms with Gasteiger partial charge in [-0.15, -0.1) is 0 Å². The third-order valence-corrected chi connectivity index (χ3v) is 1.50. The van der Waals surface area contributed by atoms with Crippen molar-refractivity contribution in [2.75, 3.05) is 0 Å². The van der Waals surface area contributed by atoms with E-state index in [2.05, 4.69) is 6.58 Å². The molecule has 0 radical (unpaired) electrons. The molecular weight excluding hydrogens is 168 g/mol. The number of ether oxygens (including phenoxy) is 1. The average Bonchev–Trinajstić information content (AvgIpc) is 2.08. The lowest BCUT2D eigenvalue weighted by Gasteiger charge is -2.05. The van der Waals surface area contributed by atoms with Crippen LogP contribution in [-0.4, -0.2) is 11.1 Å². The summed E-state index contributed by atoms with van der Waals surface area (Å²) in [6.07, 6.45) is 1.49. The molecule has 0 saturated heterocycles. The van der Waals surface area contributed by atoms with Gasteiger partial charge in [0.15, 0.2) is 11.5 Å². The van der Waals surface area contributed by atoms with Gasteiger partial charge in [-0.1, -0.05) is 24.8 Å². The molecule has 1 aromatic carbocycles. The number of phenols is 1. The third kappa shape index (κ3) is 2.08. The van der Waals surface area contributed by atoms with Crippen molar-refractivity contribution in [3.05, 3.63) is 30.3 Å². The maximum Gasteiger partial charge on any atom is 0.308 e. The SMILES string of the molecule is C=Cc1cccc(OC(C)=O)c1O. The van der Waals surface area contributed by atoms with Crippen molar-refractivity contribution < 1.29 is 14.6 Å². The van der Waals surface area contributed by atoms with Gasteiger partial charge in [-0.25, -0.2) is 0 Å². The molecule has 0 aliphatic heterocycles. The second-order valence-corrected chi connectivity index (χ2v) is 2.49. The highest BCUT2D eigenvalue weighted by Gasteiger charge is 2.06. The number of aromatic hydroxyl groups is 1. The highest BCUT2D eigenvalue weighted by atomic mass is 16.5. The van der Waals surface area contributed by atoms with E-state index in [1.165, 1.54) is 19.1 Å². The third-order valence-electron chi connectivity index (χ3n) is 1.50. The molecule has 3 nitrogen and oxygen atoms in total. The van der Waals surface area contributed by atoms with Crippen LogP contribution < -0.4 is 4.74 Å². The van der Waals surface area contributed by atoms with Crippen molar-refractivity contribution in [2.24, 2.45) is 0 Å². The van der Waals surface area contributed by atoms with Crippen molar-refractivity contribution in [3.63, 3.8) is 0 Å². The minimum Gasteiger partial charge on any atom is -0.504 e. The normalized spacial score (nSPS) is 9.31. The maximum atomic E-state index is 10.6. The van der Waals surface area contributed by atoms with Crippen molar-refractivity contribution in [1.82, 2.24) is 0 Å². The van der Waals surface area contributed by atoms with E-state index < -0.39 is 5.97 Å². The lowest BCUT2D eigenvalue weighted by atomic mass is 10.2. The Morgan fingerprint density at radius 2 is 2.31 bits per heavy atom. The number of hydrogen-bond acceptors (Lipinski definition) is 3. The minimum absolute atomic E-state index is 0.0623. The number of rotatable bonds is 2. The molecule has 1 rings (SSSR count). The van der Waals surface area contributed by atoms with Crippen LogP contribution in [0.2, 0.25) is 0 Å². The van der Waals surface area contributed by atoms with Gasteiger partial charge in [-0.3, -0.25) is 4.79 Å². The monoisotopic (exact) mass is 178 g/mol. The van der Waals surface area contributed by atoms with Crippen molar-refractivity contribution >= 4 is 12.0 Å². The van der Waals surface area contributed by atoms with Crippen LogP contribution in [0.1, 0.15) is 12.5 Å². The van der Waals surface area contributed by atoms with Gasteiger partial charge in [0.05, 0.1) is 0 Å². The number of esters is 1. The van der Waals surface area contributed by atoms with Gasteiger partial charge in [0.1, 0.15) is 0 Å². The Labute approximate surface area is 76.3 Å². The highest BCUT2D eigenvalue weighted by molar-refractivity contribution is 5.72. The molecule has 0 amide bonds. The van der Waals surface area contributed by atoms with Gasteiger partial charge < -0.3 is 9.84 Å². The van der Waals surface area contributed by atoms with Crippen molar-refractivity contribution in [1.29, 1.82) is 0 Å². The Balaban J connectivity index is 3.07. The zero-order valence-electron chi connectivity index (χ0n) is 7.28. The van der Waals surface area contributed by atoms with Crippen molar-refractivity contribution in [3.8, 4) is 11.5 Å². The summed E-state index contributed by atoms with van der Waals surface area (Å²) in [7, 11) is 0. The summed E-state index contributed by atoms with van der Waals surface area (Å²) in [6.45, 7) is 4.79. The molecule has 0 spiro atoms. The van der Waals surface area contributed by atoms with E-state index in [-0.39, 0.29) is 11.5 Å². The zero-order valence-corrected chi connectivity index (χ0v) is 7.28. The number of phenolic OH excluding ortho intramolecular Hbond substituents is 1. The lowest BCUT2D eigenvalue weighted by molar-refractivity contribution is -0.132. The maximum absolute atomic E-state index is 10.6. The average molecular weight is 178 g/mol. The molecule has 0 saturated carbocycles. The topological polar surface area (TPSA) is 46.5 Å². The van der Waals surface area contributed by atoms with Gasteiger partial charge in [0.2, 0.25) is 0 Å². The van der Waals surface area contributed by atoms with E-state index in [1.807, 2.05) is 0 Å². The first-order valence-corrected chi connectivity index (χ1v) is 3.78. The van der Waals surface area contributed by atoms with Gasteiger partial charge in [-0.05, 0) is 6.07 Å². The largest absolute Gasteiger partial charge is 0.504 e. The molecule has 0 heterocycles. The molecule has 0 unspecified atom stereocenters. The molecule has 13 heavy (non-hydrogen) atoms. The van der Waals surface area contributed by atoms with Crippen LogP contribution in [0.4, 0.5) is 0 Å². The molecule has 0 bridgehead atoms. The molecule has 1 aromatic rings. The summed E-state index contributed by atoms with van der Waals surface area (Å²) in [6, 6.07) is 4.87. The van der Waals surface area contributed by atoms with E-state index in [0.717, 1.165) is 0 Å². The summed E-state index contributed by atoms with van der Waals surface area (Å²) in [4.78, 5) is 10.6. The summed E-state index contributed by atoms with van der Waals surface area (Å²) >= 11 is 0. The first-order valence-electron chi connectivity index (χ1n) is 3.78. The number of para-hydroxylation sites is 1. The van der Waals surface area contributed by atoms with Crippen LogP contribution in [0.5, 0.6) is 11.5 Å². The van der Waals surface area contributed by atoms with E-state index in [9.17, 15) is 9.90 Å². The molecule has 0 fully saturated rings. The Morgan fingerprint density at radius 3 is 2.85 bits per heavy atom. The van der Waals surface area contributed by atoms with E-state index in [1.54, 1.807) is 12.1 Å². The summed E-state index contributed by atoms with van der Waals surface area (Å²) in [5, 5.41) is 9.49. The van der Waals surface area contributed by atoms with Gasteiger partial charge in [0.25, 0.3) is 0 Å². The van der Waals surface area contributed by atoms with Crippen LogP contribution in [0.15, 0.2) is 24.8 Å². The number of benzene rings is 1. The summed E-state index contributed by atoms with van der Waals surface area (Å²) in [5.41, 5.74) is 0.541. The number of carbonyl (C=O) groups excluding carboxylic acids is 1. The first kappa shape index (κ1) is 9.32. The molecule has 1 N–H and O–H groups in total. The predicted octanol–water partition coefficient (Wildman–Crippen LogP) is 1.96. The Hall–Kier alpha value is -1.77.